The van der Waals surface area contributed by atoms with E-state index in [9.17, 15) is 0 Å². The zero-order chi connectivity index (χ0) is 12.8. The highest BCUT2D eigenvalue weighted by molar-refractivity contribution is 6.30. The number of nitrogens with one attached hydrogen (secondary N) is 1. The van der Waals surface area contributed by atoms with Crippen LogP contribution in [0.4, 0.5) is 0 Å². The fourth-order valence-electron chi connectivity index (χ4n) is 1.84. The van der Waals surface area contributed by atoms with Gasteiger partial charge in [0, 0.05) is 23.8 Å². The molecular weight excluding hydrogens is 246 g/mol. The first-order valence-corrected chi connectivity index (χ1v) is 6.41. The average Bonchev–Trinajstić information content (AvgIpc) is 2.42. The Kier molecular flexibility index (Phi) is 4.67. The SMILES string of the molecule is CCC(NCc1ccncn1)c1ccc(Cl)cc1. The lowest BCUT2D eigenvalue weighted by molar-refractivity contribution is 0.514. The smallest absolute Gasteiger partial charge is 0.115 e. The highest BCUT2D eigenvalue weighted by Gasteiger charge is 2.08. The van der Waals surface area contributed by atoms with Gasteiger partial charge in [0.05, 0.1) is 5.69 Å². The Bertz CT molecular complexity index is 470. The van der Waals surface area contributed by atoms with Crippen LogP contribution in [0.5, 0.6) is 0 Å². The maximum absolute atomic E-state index is 5.90. The van der Waals surface area contributed by atoms with E-state index in [2.05, 4.69) is 34.3 Å². The molecule has 2 rings (SSSR count). The standard InChI is InChI=1S/C14H16ClN3/c1-2-14(11-3-5-12(15)6-4-11)17-9-13-7-8-16-10-18-13/h3-8,10,14,17H,2,9H2,1H3. The Morgan fingerprint density at radius 3 is 2.61 bits per heavy atom. The van der Waals surface area contributed by atoms with E-state index in [4.69, 9.17) is 11.6 Å². The Labute approximate surface area is 112 Å². The van der Waals surface area contributed by atoms with Gasteiger partial charge in [-0.2, -0.15) is 0 Å². The number of nitrogens with zero attached hydrogens (tertiary/aromatic N) is 2. The third-order valence-corrected chi connectivity index (χ3v) is 3.11. The predicted octanol–water partition coefficient (Wildman–Crippen LogP) is 3.37. The van der Waals surface area contributed by atoms with E-state index in [0.717, 1.165) is 23.7 Å². The zero-order valence-corrected chi connectivity index (χ0v) is 11.1. The first-order valence-electron chi connectivity index (χ1n) is 6.03. The van der Waals surface area contributed by atoms with Crippen LogP contribution in [0.2, 0.25) is 5.02 Å². The van der Waals surface area contributed by atoms with Gasteiger partial charge in [-0.05, 0) is 30.2 Å². The molecule has 0 bridgehead atoms. The van der Waals surface area contributed by atoms with Gasteiger partial charge in [0.25, 0.3) is 0 Å². The number of hydrogen-bond donors (Lipinski definition) is 1. The summed E-state index contributed by atoms with van der Waals surface area (Å²) in [7, 11) is 0. The molecule has 1 aromatic carbocycles. The van der Waals surface area contributed by atoms with E-state index in [0.29, 0.717) is 6.04 Å². The maximum Gasteiger partial charge on any atom is 0.115 e. The Hall–Kier alpha value is -1.45. The third-order valence-electron chi connectivity index (χ3n) is 2.85. The van der Waals surface area contributed by atoms with Crippen molar-refractivity contribution in [3.8, 4) is 0 Å². The summed E-state index contributed by atoms with van der Waals surface area (Å²) in [6.07, 6.45) is 4.35. The zero-order valence-electron chi connectivity index (χ0n) is 10.3. The molecule has 1 N–H and O–H groups in total. The summed E-state index contributed by atoms with van der Waals surface area (Å²) >= 11 is 5.90. The second kappa shape index (κ2) is 6.47. The van der Waals surface area contributed by atoms with Crippen LogP contribution in [0, 0.1) is 0 Å². The van der Waals surface area contributed by atoms with Crippen LogP contribution in [-0.2, 0) is 6.54 Å². The van der Waals surface area contributed by atoms with Gasteiger partial charge in [-0.25, -0.2) is 9.97 Å². The molecular formula is C14H16ClN3. The van der Waals surface area contributed by atoms with E-state index < -0.39 is 0 Å². The molecule has 0 fully saturated rings. The fourth-order valence-corrected chi connectivity index (χ4v) is 1.97. The Balaban J connectivity index is 1.99. The van der Waals surface area contributed by atoms with Crippen LogP contribution in [0.3, 0.4) is 0 Å². The van der Waals surface area contributed by atoms with E-state index >= 15 is 0 Å². The molecule has 0 spiro atoms. The molecule has 94 valence electrons. The molecule has 3 nitrogen and oxygen atoms in total. The van der Waals surface area contributed by atoms with Gasteiger partial charge in [-0.3, -0.25) is 0 Å². The highest BCUT2D eigenvalue weighted by Crippen LogP contribution is 2.19. The monoisotopic (exact) mass is 261 g/mol. The topological polar surface area (TPSA) is 37.8 Å². The van der Waals surface area contributed by atoms with Crippen molar-refractivity contribution in [2.75, 3.05) is 0 Å². The van der Waals surface area contributed by atoms with Gasteiger partial charge >= 0.3 is 0 Å². The highest BCUT2D eigenvalue weighted by atomic mass is 35.5. The number of benzene rings is 1. The van der Waals surface area contributed by atoms with Crippen molar-refractivity contribution in [3.05, 3.63) is 59.1 Å². The van der Waals surface area contributed by atoms with Crippen molar-refractivity contribution in [2.24, 2.45) is 0 Å². The largest absolute Gasteiger partial charge is 0.304 e. The van der Waals surface area contributed by atoms with E-state index in [1.165, 1.54) is 5.56 Å². The molecule has 0 aliphatic rings. The molecule has 0 aliphatic heterocycles. The van der Waals surface area contributed by atoms with Crippen molar-refractivity contribution >= 4 is 11.6 Å². The third kappa shape index (κ3) is 3.52. The lowest BCUT2D eigenvalue weighted by atomic mass is 10.0. The molecule has 1 unspecified atom stereocenters. The molecule has 0 saturated carbocycles. The lowest BCUT2D eigenvalue weighted by Crippen LogP contribution is -2.20. The van der Waals surface area contributed by atoms with E-state index in [1.807, 2.05) is 18.2 Å². The summed E-state index contributed by atoms with van der Waals surface area (Å²) in [5.41, 5.74) is 2.24. The minimum absolute atomic E-state index is 0.317. The van der Waals surface area contributed by atoms with E-state index in [-0.39, 0.29) is 0 Å². The number of aromatic nitrogens is 2. The van der Waals surface area contributed by atoms with Crippen molar-refractivity contribution in [3.63, 3.8) is 0 Å². The summed E-state index contributed by atoms with van der Waals surface area (Å²) in [4.78, 5) is 8.11. The summed E-state index contributed by atoms with van der Waals surface area (Å²) in [5, 5.41) is 4.26. The second-order valence-electron chi connectivity index (χ2n) is 4.09. The van der Waals surface area contributed by atoms with Crippen molar-refractivity contribution in [2.45, 2.75) is 25.9 Å². The minimum atomic E-state index is 0.317. The van der Waals surface area contributed by atoms with Crippen LogP contribution in [0.25, 0.3) is 0 Å². The summed E-state index contributed by atoms with van der Waals surface area (Å²) in [6.45, 7) is 2.90. The quantitative estimate of drug-likeness (QED) is 0.897. The predicted molar refractivity (Wildman–Crippen MR) is 73.4 cm³/mol. The minimum Gasteiger partial charge on any atom is -0.304 e. The molecule has 0 saturated heterocycles. The van der Waals surface area contributed by atoms with Crippen molar-refractivity contribution < 1.29 is 0 Å². The Morgan fingerprint density at radius 1 is 1.22 bits per heavy atom. The molecule has 0 aliphatic carbocycles. The first kappa shape index (κ1) is 13.0. The van der Waals surface area contributed by atoms with Crippen molar-refractivity contribution in [1.29, 1.82) is 0 Å². The summed E-state index contributed by atoms with van der Waals surface area (Å²) in [6, 6.07) is 10.2. The maximum atomic E-state index is 5.90. The first-order chi connectivity index (χ1) is 8.79. The number of hydrogen-bond acceptors (Lipinski definition) is 3. The van der Waals surface area contributed by atoms with Gasteiger partial charge < -0.3 is 5.32 Å². The molecule has 0 radical (unpaired) electrons. The van der Waals surface area contributed by atoms with Crippen LogP contribution in [-0.4, -0.2) is 9.97 Å². The molecule has 1 aromatic heterocycles. The summed E-state index contributed by atoms with van der Waals surface area (Å²) in [5.74, 6) is 0. The molecule has 0 amide bonds. The second-order valence-corrected chi connectivity index (χ2v) is 4.53. The normalized spacial score (nSPS) is 12.3. The van der Waals surface area contributed by atoms with Gasteiger partial charge in [0.15, 0.2) is 0 Å². The summed E-state index contributed by atoms with van der Waals surface area (Å²) < 4.78 is 0. The van der Waals surface area contributed by atoms with Crippen LogP contribution >= 0.6 is 11.6 Å². The number of rotatable bonds is 5. The lowest BCUT2D eigenvalue weighted by Gasteiger charge is -2.17. The molecule has 18 heavy (non-hydrogen) atoms. The van der Waals surface area contributed by atoms with E-state index in [1.54, 1.807) is 12.5 Å². The van der Waals surface area contributed by atoms with Crippen LogP contribution in [0.15, 0.2) is 42.9 Å². The Morgan fingerprint density at radius 2 is 2.00 bits per heavy atom. The molecule has 1 heterocycles. The van der Waals surface area contributed by atoms with Crippen LogP contribution in [0.1, 0.15) is 30.6 Å². The molecule has 2 aromatic rings. The fraction of sp³-hybridized carbons (Fsp3) is 0.286. The van der Waals surface area contributed by atoms with Crippen molar-refractivity contribution in [1.82, 2.24) is 15.3 Å². The van der Waals surface area contributed by atoms with Crippen LogP contribution < -0.4 is 5.32 Å². The molecule has 4 heteroatoms. The van der Waals surface area contributed by atoms with Gasteiger partial charge in [0.1, 0.15) is 6.33 Å². The average molecular weight is 262 g/mol. The van der Waals surface area contributed by atoms with Gasteiger partial charge in [0.2, 0.25) is 0 Å². The van der Waals surface area contributed by atoms with Gasteiger partial charge in [-0.15, -0.1) is 0 Å². The number of halogens is 1. The molecule has 1 atom stereocenters. The van der Waals surface area contributed by atoms with Gasteiger partial charge in [-0.1, -0.05) is 30.7 Å².